The van der Waals surface area contributed by atoms with E-state index in [2.05, 4.69) is 45.1 Å². The molecule has 0 saturated heterocycles. The molecule has 1 aliphatic rings. The normalized spacial score (nSPS) is 14.5. The summed E-state index contributed by atoms with van der Waals surface area (Å²) in [5.41, 5.74) is 4.90. The number of amides is 1. The van der Waals surface area contributed by atoms with E-state index >= 15 is 0 Å². The van der Waals surface area contributed by atoms with Gasteiger partial charge in [0.15, 0.2) is 0 Å². The summed E-state index contributed by atoms with van der Waals surface area (Å²) in [4.78, 5) is 11.4. The van der Waals surface area contributed by atoms with Crippen LogP contribution in [-0.4, -0.2) is 5.91 Å². The molecule has 0 saturated carbocycles. The van der Waals surface area contributed by atoms with E-state index in [0.717, 1.165) is 11.3 Å². The Kier molecular flexibility index (Phi) is 2.75. The predicted molar refractivity (Wildman–Crippen MR) is 67.0 cm³/mol. The summed E-state index contributed by atoms with van der Waals surface area (Å²) in [6.07, 6.45) is 0.535. The van der Waals surface area contributed by atoms with E-state index in [0.29, 0.717) is 18.3 Å². The molecule has 0 spiro atoms. The predicted octanol–water partition coefficient (Wildman–Crippen LogP) is 3.43. The van der Waals surface area contributed by atoms with E-state index < -0.39 is 0 Å². The van der Waals surface area contributed by atoms with Crippen LogP contribution in [0.1, 0.15) is 56.2 Å². The second-order valence-corrected chi connectivity index (χ2v) is 5.17. The van der Waals surface area contributed by atoms with Gasteiger partial charge in [0.2, 0.25) is 5.91 Å². The van der Waals surface area contributed by atoms with Crippen molar-refractivity contribution >= 4 is 11.6 Å². The molecule has 0 aliphatic carbocycles. The molecule has 2 heteroatoms. The first-order valence-corrected chi connectivity index (χ1v) is 5.95. The van der Waals surface area contributed by atoms with Gasteiger partial charge < -0.3 is 5.32 Å². The Labute approximate surface area is 97.1 Å². The third-order valence-corrected chi connectivity index (χ3v) is 3.18. The van der Waals surface area contributed by atoms with Crippen LogP contribution in [0.15, 0.2) is 12.1 Å². The minimum atomic E-state index is 0.116. The van der Waals surface area contributed by atoms with Crippen molar-refractivity contribution in [3.05, 3.63) is 28.8 Å². The highest BCUT2D eigenvalue weighted by Gasteiger charge is 2.21. The average Bonchev–Trinajstić information content (AvgIpc) is 2.54. The van der Waals surface area contributed by atoms with Gasteiger partial charge in [-0.05, 0) is 34.6 Å². The summed E-state index contributed by atoms with van der Waals surface area (Å²) in [6.45, 7) is 8.81. The van der Waals surface area contributed by atoms with Gasteiger partial charge in [-0.2, -0.15) is 0 Å². The fourth-order valence-corrected chi connectivity index (χ4v) is 2.31. The molecule has 1 aromatic carbocycles. The van der Waals surface area contributed by atoms with Gasteiger partial charge in [0.05, 0.1) is 6.42 Å². The SMILES string of the molecule is CC(C)c1cc2c(cc1C(C)C)NC(=O)C2. The van der Waals surface area contributed by atoms with E-state index in [1.165, 1.54) is 11.1 Å². The molecular formula is C14H19NO. The van der Waals surface area contributed by atoms with E-state index in [9.17, 15) is 4.79 Å². The molecule has 1 aliphatic heterocycles. The van der Waals surface area contributed by atoms with Gasteiger partial charge in [-0.3, -0.25) is 4.79 Å². The second kappa shape index (κ2) is 3.93. The van der Waals surface area contributed by atoms with E-state index in [-0.39, 0.29) is 5.91 Å². The maximum absolute atomic E-state index is 11.4. The number of rotatable bonds is 2. The Morgan fingerprint density at radius 1 is 1.06 bits per heavy atom. The zero-order valence-corrected chi connectivity index (χ0v) is 10.4. The largest absolute Gasteiger partial charge is 0.326 e. The lowest BCUT2D eigenvalue weighted by Crippen LogP contribution is -2.04. The fraction of sp³-hybridized carbons (Fsp3) is 0.500. The van der Waals surface area contributed by atoms with Gasteiger partial charge in [0, 0.05) is 5.69 Å². The van der Waals surface area contributed by atoms with E-state index in [4.69, 9.17) is 0 Å². The highest BCUT2D eigenvalue weighted by Crippen LogP contribution is 2.34. The monoisotopic (exact) mass is 217 g/mol. The first kappa shape index (κ1) is 11.2. The number of fused-ring (bicyclic) bond motifs is 1. The molecule has 1 amide bonds. The fourth-order valence-electron chi connectivity index (χ4n) is 2.31. The average molecular weight is 217 g/mol. The lowest BCUT2D eigenvalue weighted by atomic mass is 9.88. The molecule has 2 rings (SSSR count). The van der Waals surface area contributed by atoms with Crippen LogP contribution in [0.4, 0.5) is 5.69 Å². The summed E-state index contributed by atoms with van der Waals surface area (Å²) in [6, 6.07) is 4.35. The highest BCUT2D eigenvalue weighted by atomic mass is 16.1. The number of nitrogens with one attached hydrogen (secondary N) is 1. The van der Waals surface area contributed by atoms with Gasteiger partial charge in [-0.25, -0.2) is 0 Å². The second-order valence-electron chi connectivity index (χ2n) is 5.17. The topological polar surface area (TPSA) is 29.1 Å². The van der Waals surface area contributed by atoms with Gasteiger partial charge >= 0.3 is 0 Å². The van der Waals surface area contributed by atoms with Crippen LogP contribution in [0.3, 0.4) is 0 Å². The number of anilines is 1. The van der Waals surface area contributed by atoms with Crippen LogP contribution < -0.4 is 5.32 Å². The molecular weight excluding hydrogens is 198 g/mol. The molecule has 1 N–H and O–H groups in total. The Balaban J connectivity index is 2.53. The number of hydrogen-bond acceptors (Lipinski definition) is 1. The van der Waals surface area contributed by atoms with Crippen molar-refractivity contribution < 1.29 is 4.79 Å². The quantitative estimate of drug-likeness (QED) is 0.808. The summed E-state index contributed by atoms with van der Waals surface area (Å²) >= 11 is 0. The molecule has 86 valence electrons. The molecule has 16 heavy (non-hydrogen) atoms. The number of carbonyl (C=O) groups is 1. The minimum Gasteiger partial charge on any atom is -0.326 e. The molecule has 2 nitrogen and oxygen atoms in total. The van der Waals surface area contributed by atoms with E-state index in [1.807, 2.05) is 0 Å². The van der Waals surface area contributed by atoms with Crippen molar-refractivity contribution in [2.45, 2.75) is 46.0 Å². The van der Waals surface area contributed by atoms with Crippen LogP contribution in [0.5, 0.6) is 0 Å². The van der Waals surface area contributed by atoms with Crippen molar-refractivity contribution in [1.82, 2.24) is 0 Å². The Bertz CT molecular complexity index is 394. The van der Waals surface area contributed by atoms with Crippen molar-refractivity contribution in [2.75, 3.05) is 5.32 Å². The highest BCUT2D eigenvalue weighted by molar-refractivity contribution is 5.99. The first-order valence-electron chi connectivity index (χ1n) is 5.95. The Morgan fingerprint density at radius 3 is 2.19 bits per heavy atom. The standard InChI is InChI=1S/C14H19NO/c1-8(2)11-5-10-6-14(16)15-13(10)7-12(11)9(3)4/h5,7-9H,6H2,1-4H3,(H,15,16). The third-order valence-electron chi connectivity index (χ3n) is 3.18. The smallest absolute Gasteiger partial charge is 0.228 e. The molecule has 0 unspecified atom stereocenters. The maximum Gasteiger partial charge on any atom is 0.228 e. The van der Waals surface area contributed by atoms with Crippen LogP contribution in [0.25, 0.3) is 0 Å². The van der Waals surface area contributed by atoms with E-state index in [1.54, 1.807) is 0 Å². The van der Waals surface area contributed by atoms with Gasteiger partial charge in [-0.15, -0.1) is 0 Å². The van der Waals surface area contributed by atoms with Crippen LogP contribution >= 0.6 is 0 Å². The molecule has 0 atom stereocenters. The summed E-state index contributed by atoms with van der Waals surface area (Å²) in [7, 11) is 0. The van der Waals surface area contributed by atoms with Crippen molar-refractivity contribution in [2.24, 2.45) is 0 Å². The van der Waals surface area contributed by atoms with Gasteiger partial charge in [-0.1, -0.05) is 33.8 Å². The summed E-state index contributed by atoms with van der Waals surface area (Å²) in [5.74, 6) is 1.13. The molecule has 0 aromatic heterocycles. The zero-order chi connectivity index (χ0) is 11.9. The lowest BCUT2D eigenvalue weighted by Gasteiger charge is -2.17. The van der Waals surface area contributed by atoms with Gasteiger partial charge in [0.1, 0.15) is 0 Å². The molecule has 0 radical (unpaired) electrons. The zero-order valence-electron chi connectivity index (χ0n) is 10.4. The molecule has 1 heterocycles. The molecule has 0 bridgehead atoms. The number of carbonyl (C=O) groups excluding carboxylic acids is 1. The van der Waals surface area contributed by atoms with Crippen LogP contribution in [0, 0.1) is 0 Å². The number of hydrogen-bond donors (Lipinski definition) is 1. The third kappa shape index (κ3) is 1.84. The first-order chi connectivity index (χ1) is 7.49. The van der Waals surface area contributed by atoms with Crippen molar-refractivity contribution in [1.29, 1.82) is 0 Å². The lowest BCUT2D eigenvalue weighted by molar-refractivity contribution is -0.115. The molecule has 0 fully saturated rings. The van der Waals surface area contributed by atoms with Crippen molar-refractivity contribution in [3.63, 3.8) is 0 Å². The van der Waals surface area contributed by atoms with Crippen LogP contribution in [0.2, 0.25) is 0 Å². The minimum absolute atomic E-state index is 0.116. The molecule has 1 aromatic rings. The Hall–Kier alpha value is -1.31. The van der Waals surface area contributed by atoms with Gasteiger partial charge in [0.25, 0.3) is 0 Å². The summed E-state index contributed by atoms with van der Waals surface area (Å²) in [5, 5.41) is 2.92. The number of benzene rings is 1. The summed E-state index contributed by atoms with van der Waals surface area (Å²) < 4.78 is 0. The van der Waals surface area contributed by atoms with Crippen molar-refractivity contribution in [3.8, 4) is 0 Å². The maximum atomic E-state index is 11.4. The van der Waals surface area contributed by atoms with Crippen LogP contribution in [-0.2, 0) is 11.2 Å². The Morgan fingerprint density at radius 2 is 1.62 bits per heavy atom.